The zero-order valence-electron chi connectivity index (χ0n) is 11.1. The Morgan fingerprint density at radius 1 is 1.35 bits per heavy atom. The predicted molar refractivity (Wildman–Crippen MR) is 86.0 cm³/mol. The first-order valence-electron chi connectivity index (χ1n) is 6.26. The molecule has 0 aliphatic carbocycles. The Morgan fingerprint density at radius 3 is 2.90 bits per heavy atom. The van der Waals surface area contributed by atoms with Gasteiger partial charge in [0.15, 0.2) is 0 Å². The van der Waals surface area contributed by atoms with Gasteiger partial charge in [-0.15, -0.1) is 22.7 Å². The first-order chi connectivity index (χ1) is 9.67. The van der Waals surface area contributed by atoms with Gasteiger partial charge in [0, 0.05) is 9.75 Å². The van der Waals surface area contributed by atoms with Crippen molar-refractivity contribution < 1.29 is 0 Å². The first-order valence-corrected chi connectivity index (χ1v) is 8.33. The van der Waals surface area contributed by atoms with Gasteiger partial charge in [-0.05, 0) is 31.0 Å². The summed E-state index contributed by atoms with van der Waals surface area (Å²) in [5.41, 5.74) is 2.91. The number of anilines is 1. The number of fused-ring (bicyclic) bond motifs is 1. The fraction of sp³-hybridized carbons (Fsp3) is 0.308. The van der Waals surface area contributed by atoms with Crippen LogP contribution >= 0.6 is 34.3 Å². The minimum absolute atomic E-state index is 0.283. The highest BCUT2D eigenvalue weighted by Gasteiger charge is 2.11. The minimum atomic E-state index is 0.283. The van der Waals surface area contributed by atoms with E-state index in [4.69, 9.17) is 11.6 Å². The molecule has 0 fully saturated rings. The maximum Gasteiger partial charge on any atom is 0.225 e. The van der Waals surface area contributed by atoms with Gasteiger partial charge in [0.2, 0.25) is 5.28 Å². The molecule has 0 radical (unpaired) electrons. The molecule has 0 aromatic carbocycles. The lowest BCUT2D eigenvalue weighted by Gasteiger charge is -2.06. The Bertz CT molecular complexity index is 750. The van der Waals surface area contributed by atoms with E-state index in [9.17, 15) is 0 Å². The van der Waals surface area contributed by atoms with Crippen LogP contribution in [0.25, 0.3) is 10.2 Å². The summed E-state index contributed by atoms with van der Waals surface area (Å²) in [5, 5.41) is 4.67. The molecule has 0 aliphatic rings. The van der Waals surface area contributed by atoms with E-state index in [0.29, 0.717) is 6.54 Å². The molecule has 0 bridgehead atoms. The standard InChI is InChI=1S/C13H13ClN4S2/c1-3-8-4-9-11(17-13(14)18-12(9)20-8)15-5-10-7(2)16-6-19-10/h4,6H,3,5H2,1-2H3,(H,15,17,18). The Hall–Kier alpha value is -1.24. The maximum atomic E-state index is 6.00. The molecular weight excluding hydrogens is 312 g/mol. The second kappa shape index (κ2) is 5.63. The van der Waals surface area contributed by atoms with Crippen LogP contribution < -0.4 is 5.32 Å². The van der Waals surface area contributed by atoms with Crippen molar-refractivity contribution in [2.45, 2.75) is 26.8 Å². The van der Waals surface area contributed by atoms with E-state index in [1.807, 2.05) is 12.4 Å². The van der Waals surface area contributed by atoms with Gasteiger partial charge in [-0.3, -0.25) is 0 Å². The van der Waals surface area contributed by atoms with Gasteiger partial charge in [0.05, 0.1) is 23.1 Å². The van der Waals surface area contributed by atoms with E-state index in [-0.39, 0.29) is 5.28 Å². The largest absolute Gasteiger partial charge is 0.364 e. The summed E-state index contributed by atoms with van der Waals surface area (Å²) < 4.78 is 0. The number of hydrogen-bond donors (Lipinski definition) is 1. The number of aromatic nitrogens is 3. The van der Waals surface area contributed by atoms with Crippen LogP contribution in [0.15, 0.2) is 11.6 Å². The molecule has 0 saturated carbocycles. The number of thiophene rings is 1. The fourth-order valence-corrected chi connectivity index (χ4v) is 3.82. The smallest absolute Gasteiger partial charge is 0.225 e. The van der Waals surface area contributed by atoms with Gasteiger partial charge in [0.25, 0.3) is 0 Å². The molecule has 20 heavy (non-hydrogen) atoms. The van der Waals surface area contributed by atoms with Crippen LogP contribution in [0.4, 0.5) is 5.82 Å². The number of rotatable bonds is 4. The molecule has 7 heteroatoms. The summed E-state index contributed by atoms with van der Waals surface area (Å²) in [7, 11) is 0. The third-order valence-corrected chi connectivity index (χ3v) is 5.30. The van der Waals surface area contributed by atoms with Crippen LogP contribution in [-0.2, 0) is 13.0 Å². The van der Waals surface area contributed by atoms with E-state index in [2.05, 4.69) is 33.3 Å². The monoisotopic (exact) mass is 324 g/mol. The number of hydrogen-bond acceptors (Lipinski definition) is 6. The van der Waals surface area contributed by atoms with Gasteiger partial charge in [0.1, 0.15) is 10.6 Å². The Kier molecular flexibility index (Phi) is 3.87. The summed E-state index contributed by atoms with van der Waals surface area (Å²) in [5.74, 6) is 0.795. The third kappa shape index (κ3) is 2.63. The molecule has 0 aliphatic heterocycles. The number of nitrogens with one attached hydrogen (secondary N) is 1. The van der Waals surface area contributed by atoms with Gasteiger partial charge in [-0.1, -0.05) is 6.92 Å². The van der Waals surface area contributed by atoms with Gasteiger partial charge >= 0.3 is 0 Å². The van der Waals surface area contributed by atoms with Gasteiger partial charge in [-0.25, -0.2) is 15.0 Å². The molecule has 3 heterocycles. The van der Waals surface area contributed by atoms with Crippen molar-refractivity contribution in [3.05, 3.63) is 32.3 Å². The minimum Gasteiger partial charge on any atom is -0.364 e. The zero-order valence-corrected chi connectivity index (χ0v) is 13.5. The molecule has 0 atom stereocenters. The van der Waals surface area contributed by atoms with Crippen LogP contribution in [0.1, 0.15) is 22.4 Å². The summed E-state index contributed by atoms with van der Waals surface area (Å²) >= 11 is 9.31. The molecule has 104 valence electrons. The second-order valence-corrected chi connectivity index (χ2v) is 6.73. The van der Waals surface area contributed by atoms with Crippen LogP contribution in [0.5, 0.6) is 0 Å². The van der Waals surface area contributed by atoms with E-state index in [1.165, 1.54) is 9.75 Å². The van der Waals surface area contributed by atoms with Crippen molar-refractivity contribution in [3.63, 3.8) is 0 Å². The molecule has 3 aromatic rings. The average molecular weight is 325 g/mol. The lowest BCUT2D eigenvalue weighted by atomic mass is 10.3. The maximum absolute atomic E-state index is 6.00. The van der Waals surface area contributed by atoms with Crippen molar-refractivity contribution in [1.82, 2.24) is 15.0 Å². The lowest BCUT2D eigenvalue weighted by Crippen LogP contribution is -2.02. The second-order valence-electron chi connectivity index (χ2n) is 4.34. The van der Waals surface area contributed by atoms with E-state index < -0.39 is 0 Å². The highest BCUT2D eigenvalue weighted by atomic mass is 35.5. The molecule has 0 saturated heterocycles. The quantitative estimate of drug-likeness (QED) is 0.727. The predicted octanol–water partition coefficient (Wildman–Crippen LogP) is 4.28. The third-order valence-electron chi connectivity index (χ3n) is 3.03. The van der Waals surface area contributed by atoms with Gasteiger partial charge < -0.3 is 5.32 Å². The fourth-order valence-electron chi connectivity index (χ4n) is 1.91. The van der Waals surface area contributed by atoms with Crippen molar-refractivity contribution in [1.29, 1.82) is 0 Å². The van der Waals surface area contributed by atoms with Crippen molar-refractivity contribution in [2.75, 3.05) is 5.32 Å². The molecule has 3 rings (SSSR count). The topological polar surface area (TPSA) is 50.7 Å². The molecule has 3 aromatic heterocycles. The molecule has 1 N–H and O–H groups in total. The summed E-state index contributed by atoms with van der Waals surface area (Å²) in [6, 6.07) is 2.14. The first kappa shape index (κ1) is 13.7. The summed E-state index contributed by atoms with van der Waals surface area (Å²) in [4.78, 5) is 16.3. The van der Waals surface area contributed by atoms with Crippen LogP contribution in [0, 0.1) is 6.92 Å². The number of aryl methyl sites for hydroxylation is 2. The van der Waals surface area contributed by atoms with Crippen LogP contribution in [0.3, 0.4) is 0 Å². The summed E-state index contributed by atoms with van der Waals surface area (Å²) in [6.45, 7) is 4.85. The van der Waals surface area contributed by atoms with Crippen molar-refractivity contribution in [3.8, 4) is 0 Å². The number of nitrogens with zero attached hydrogens (tertiary/aromatic N) is 3. The number of halogens is 1. The van der Waals surface area contributed by atoms with Crippen molar-refractivity contribution >= 4 is 50.3 Å². The molecule has 0 unspecified atom stereocenters. The normalized spacial score (nSPS) is 11.2. The average Bonchev–Trinajstić information content (AvgIpc) is 3.01. The highest BCUT2D eigenvalue weighted by molar-refractivity contribution is 7.18. The lowest BCUT2D eigenvalue weighted by molar-refractivity contribution is 1.09. The van der Waals surface area contributed by atoms with Crippen molar-refractivity contribution in [2.24, 2.45) is 0 Å². The SMILES string of the molecule is CCc1cc2c(NCc3scnc3C)nc(Cl)nc2s1. The Morgan fingerprint density at radius 2 is 2.20 bits per heavy atom. The van der Waals surface area contributed by atoms with E-state index >= 15 is 0 Å². The highest BCUT2D eigenvalue weighted by Crippen LogP contribution is 2.30. The van der Waals surface area contributed by atoms with E-state index in [0.717, 1.165) is 28.1 Å². The molecule has 0 amide bonds. The Labute approximate surface area is 129 Å². The van der Waals surface area contributed by atoms with Crippen LogP contribution in [0.2, 0.25) is 5.28 Å². The van der Waals surface area contributed by atoms with Gasteiger partial charge in [-0.2, -0.15) is 0 Å². The Balaban J connectivity index is 1.93. The zero-order chi connectivity index (χ0) is 14.1. The van der Waals surface area contributed by atoms with Crippen LogP contribution in [-0.4, -0.2) is 15.0 Å². The van der Waals surface area contributed by atoms with E-state index in [1.54, 1.807) is 22.7 Å². The molecule has 0 spiro atoms. The number of thiazole rings is 1. The molecular formula is C13H13ClN4S2. The summed E-state index contributed by atoms with van der Waals surface area (Å²) in [6.07, 6.45) is 0.992. The molecule has 4 nitrogen and oxygen atoms in total.